The molecule has 0 bridgehead atoms. The standard InChI is InChI=1S/C49H55BN/c1-10-37-28-35(6)48(50-46-27-19-25-41(36(46)7)39(11-2)40-24-17-15-20-32(40)3)43(30-37)42-31-45(49(8,9)44-26-18-16-21-33(44)4)34(5)29-47(42)51-38-22-13-12-14-23-38/h12-16,18-23,25-31,39,51H,10-11,17,24H2,1-9H3. The molecule has 0 aromatic heterocycles. The Bertz CT molecular complexity index is 2100. The summed E-state index contributed by atoms with van der Waals surface area (Å²) in [7, 11) is 2.47. The van der Waals surface area contributed by atoms with E-state index in [1.165, 1.54) is 72.1 Å². The van der Waals surface area contributed by atoms with E-state index in [0.29, 0.717) is 5.92 Å². The first kappa shape index (κ1) is 36.2. The molecular formula is C49H55BN. The van der Waals surface area contributed by atoms with E-state index in [4.69, 9.17) is 0 Å². The first-order valence-corrected chi connectivity index (χ1v) is 19.0. The summed E-state index contributed by atoms with van der Waals surface area (Å²) in [5.74, 6) is 0.441. The van der Waals surface area contributed by atoms with Gasteiger partial charge in [-0.3, -0.25) is 0 Å². The SMILES string of the molecule is CCc1cc(C)c([B]c2cccc(C(CC)C3=C(C)C=CCC3)c2C)c(-c2cc(C(C)(C)c3ccccc3C)c(C)cc2Nc2ccccc2)c1. The minimum absolute atomic E-state index is 0.183. The molecule has 1 unspecified atom stereocenters. The van der Waals surface area contributed by atoms with Crippen molar-refractivity contribution < 1.29 is 0 Å². The number of anilines is 2. The molecule has 5 aromatic carbocycles. The van der Waals surface area contributed by atoms with Gasteiger partial charge < -0.3 is 5.32 Å². The average Bonchev–Trinajstić information content (AvgIpc) is 3.12. The molecule has 0 fully saturated rings. The van der Waals surface area contributed by atoms with Gasteiger partial charge in [0.05, 0.1) is 0 Å². The third-order valence-corrected chi connectivity index (χ3v) is 11.4. The molecule has 6 rings (SSSR count). The van der Waals surface area contributed by atoms with Crippen LogP contribution in [0.3, 0.4) is 0 Å². The average molecular weight is 669 g/mol. The fourth-order valence-corrected chi connectivity index (χ4v) is 8.56. The fraction of sp³-hybridized carbons (Fsp3) is 0.306. The van der Waals surface area contributed by atoms with Gasteiger partial charge in [0.25, 0.3) is 0 Å². The predicted molar refractivity (Wildman–Crippen MR) is 224 cm³/mol. The van der Waals surface area contributed by atoms with Gasteiger partial charge >= 0.3 is 0 Å². The van der Waals surface area contributed by atoms with Crippen molar-refractivity contribution in [3.8, 4) is 11.1 Å². The van der Waals surface area contributed by atoms with Crippen LogP contribution in [0.2, 0.25) is 0 Å². The van der Waals surface area contributed by atoms with E-state index in [1.807, 2.05) is 0 Å². The van der Waals surface area contributed by atoms with Gasteiger partial charge in [-0.1, -0.05) is 146 Å². The van der Waals surface area contributed by atoms with Crippen molar-refractivity contribution >= 4 is 29.6 Å². The lowest BCUT2D eigenvalue weighted by Crippen LogP contribution is -2.33. The van der Waals surface area contributed by atoms with Crippen molar-refractivity contribution in [2.24, 2.45) is 0 Å². The van der Waals surface area contributed by atoms with Crippen LogP contribution >= 0.6 is 0 Å². The highest BCUT2D eigenvalue weighted by Gasteiger charge is 2.29. The maximum Gasteiger partial charge on any atom is 0.192 e. The summed E-state index contributed by atoms with van der Waals surface area (Å²) in [5.41, 5.74) is 21.0. The second-order valence-corrected chi connectivity index (χ2v) is 15.2. The van der Waals surface area contributed by atoms with E-state index in [0.717, 1.165) is 37.1 Å². The maximum absolute atomic E-state index is 3.85. The van der Waals surface area contributed by atoms with Crippen LogP contribution in [0, 0.1) is 27.7 Å². The van der Waals surface area contributed by atoms with E-state index >= 15 is 0 Å². The molecule has 0 saturated heterocycles. The van der Waals surface area contributed by atoms with Gasteiger partial charge in [-0.15, -0.1) is 0 Å². The van der Waals surface area contributed by atoms with Gasteiger partial charge in [-0.25, -0.2) is 0 Å². The molecule has 5 aromatic rings. The Morgan fingerprint density at radius 2 is 1.47 bits per heavy atom. The van der Waals surface area contributed by atoms with Crippen LogP contribution in [0.1, 0.15) is 104 Å². The van der Waals surface area contributed by atoms with Crippen LogP contribution in [-0.2, 0) is 11.8 Å². The Hall–Kier alpha value is -4.56. The van der Waals surface area contributed by atoms with Crippen LogP contribution in [-0.4, -0.2) is 7.28 Å². The van der Waals surface area contributed by atoms with Crippen molar-refractivity contribution in [2.75, 3.05) is 5.32 Å². The molecule has 2 heteroatoms. The molecular weight excluding hydrogens is 613 g/mol. The van der Waals surface area contributed by atoms with Gasteiger partial charge in [0.1, 0.15) is 0 Å². The lowest BCUT2D eigenvalue weighted by Gasteiger charge is -2.31. The van der Waals surface area contributed by atoms with Crippen molar-refractivity contribution in [3.05, 3.63) is 165 Å². The van der Waals surface area contributed by atoms with Crippen LogP contribution in [0.25, 0.3) is 11.1 Å². The minimum atomic E-state index is -0.183. The molecule has 1 radical (unpaired) electrons. The van der Waals surface area contributed by atoms with Crippen molar-refractivity contribution in [2.45, 2.75) is 99.3 Å². The van der Waals surface area contributed by atoms with Gasteiger partial charge in [0.2, 0.25) is 0 Å². The number of para-hydroxylation sites is 1. The van der Waals surface area contributed by atoms with Gasteiger partial charge in [-0.05, 0) is 124 Å². The largest absolute Gasteiger partial charge is 0.355 e. The summed E-state index contributed by atoms with van der Waals surface area (Å²) in [6.45, 7) is 20.8. The molecule has 259 valence electrons. The van der Waals surface area contributed by atoms with Crippen LogP contribution in [0.4, 0.5) is 11.4 Å². The minimum Gasteiger partial charge on any atom is -0.355 e. The highest BCUT2D eigenvalue weighted by Crippen LogP contribution is 2.41. The molecule has 1 N–H and O–H groups in total. The number of aryl methyl sites for hydroxylation is 4. The molecule has 1 aliphatic carbocycles. The van der Waals surface area contributed by atoms with Crippen LogP contribution in [0.5, 0.6) is 0 Å². The zero-order valence-corrected chi connectivity index (χ0v) is 32.4. The predicted octanol–water partition coefficient (Wildman–Crippen LogP) is 12.0. The van der Waals surface area contributed by atoms with E-state index < -0.39 is 0 Å². The van der Waals surface area contributed by atoms with Crippen LogP contribution in [0.15, 0.2) is 120 Å². The Morgan fingerprint density at radius 3 is 2.18 bits per heavy atom. The van der Waals surface area contributed by atoms with Crippen LogP contribution < -0.4 is 16.2 Å². The second-order valence-electron chi connectivity index (χ2n) is 15.2. The third kappa shape index (κ3) is 7.43. The Balaban J connectivity index is 1.54. The second kappa shape index (κ2) is 15.4. The zero-order valence-electron chi connectivity index (χ0n) is 32.4. The normalized spacial score (nSPS) is 13.7. The number of rotatable bonds is 11. The number of hydrogen-bond acceptors (Lipinski definition) is 1. The maximum atomic E-state index is 3.85. The van der Waals surface area contributed by atoms with E-state index in [-0.39, 0.29) is 5.41 Å². The van der Waals surface area contributed by atoms with Crippen molar-refractivity contribution in [1.29, 1.82) is 0 Å². The Labute approximate surface area is 309 Å². The molecule has 0 spiro atoms. The summed E-state index contributed by atoms with van der Waals surface area (Å²) >= 11 is 0. The Morgan fingerprint density at radius 1 is 0.725 bits per heavy atom. The molecule has 0 heterocycles. The summed E-state index contributed by atoms with van der Waals surface area (Å²) < 4.78 is 0. The van der Waals surface area contributed by atoms with E-state index in [2.05, 4.69) is 184 Å². The van der Waals surface area contributed by atoms with Gasteiger partial charge in [0.15, 0.2) is 7.28 Å². The first-order valence-electron chi connectivity index (χ1n) is 19.0. The summed E-state index contributed by atoms with van der Waals surface area (Å²) in [5, 5.41) is 3.85. The van der Waals surface area contributed by atoms with Gasteiger partial charge in [-0.2, -0.15) is 0 Å². The molecule has 0 aliphatic heterocycles. The molecule has 51 heavy (non-hydrogen) atoms. The first-order chi connectivity index (χ1) is 24.5. The highest BCUT2D eigenvalue weighted by atomic mass is 14.9. The molecule has 1 atom stereocenters. The summed E-state index contributed by atoms with van der Waals surface area (Å²) in [4.78, 5) is 0. The van der Waals surface area contributed by atoms with Crippen molar-refractivity contribution in [1.82, 2.24) is 0 Å². The smallest absolute Gasteiger partial charge is 0.192 e. The summed E-state index contributed by atoms with van der Waals surface area (Å²) in [6.07, 6.45) is 9.04. The molecule has 1 nitrogen and oxygen atoms in total. The number of nitrogens with one attached hydrogen (secondary N) is 1. The monoisotopic (exact) mass is 668 g/mol. The highest BCUT2D eigenvalue weighted by molar-refractivity contribution is 6.69. The number of benzene rings is 5. The van der Waals surface area contributed by atoms with Gasteiger partial charge in [0, 0.05) is 28.3 Å². The molecule has 1 aliphatic rings. The number of allylic oxidation sites excluding steroid dienone is 4. The fourth-order valence-electron chi connectivity index (χ4n) is 8.56. The topological polar surface area (TPSA) is 12.0 Å². The molecule has 0 saturated carbocycles. The molecule has 0 amide bonds. The van der Waals surface area contributed by atoms with E-state index in [9.17, 15) is 0 Å². The third-order valence-electron chi connectivity index (χ3n) is 11.4. The zero-order chi connectivity index (χ0) is 36.3. The Kier molecular flexibility index (Phi) is 10.9. The van der Waals surface area contributed by atoms with E-state index in [1.54, 1.807) is 5.57 Å². The lowest BCUT2D eigenvalue weighted by atomic mass is 9.58. The van der Waals surface area contributed by atoms with Crippen molar-refractivity contribution in [3.63, 3.8) is 0 Å². The quantitative estimate of drug-likeness (QED) is 0.138. The summed E-state index contributed by atoms with van der Waals surface area (Å²) in [6, 6.07) is 36.1. The number of hydrogen-bond donors (Lipinski definition) is 1. The lowest BCUT2D eigenvalue weighted by molar-refractivity contribution is 0.632.